The van der Waals surface area contributed by atoms with E-state index in [1.165, 1.54) is 12.1 Å². The maximum Gasteiger partial charge on any atom is 0.272 e. The standard InChI is InChI=1S/C16H11N5O2/c17-21-20-15(22)10-5-7-12(8-6-10)18-16(23)14-9-11-3-1-2-4-13(11)19-14/h1-9,19H,(H,18,23). The minimum atomic E-state index is -0.666. The Morgan fingerprint density at radius 1 is 1.09 bits per heavy atom. The lowest BCUT2D eigenvalue weighted by Crippen LogP contribution is -2.12. The van der Waals surface area contributed by atoms with Crippen molar-refractivity contribution < 1.29 is 9.59 Å². The van der Waals surface area contributed by atoms with Gasteiger partial charge in [-0.05, 0) is 47.0 Å². The molecule has 0 radical (unpaired) electrons. The predicted molar refractivity (Wildman–Crippen MR) is 86.2 cm³/mol. The average molecular weight is 305 g/mol. The molecular weight excluding hydrogens is 294 g/mol. The summed E-state index contributed by atoms with van der Waals surface area (Å²) in [5, 5.41) is 6.69. The van der Waals surface area contributed by atoms with Crippen LogP contribution in [0.4, 0.5) is 5.69 Å². The number of azide groups is 1. The number of anilines is 1. The van der Waals surface area contributed by atoms with Crippen LogP contribution in [0.1, 0.15) is 20.8 Å². The van der Waals surface area contributed by atoms with Gasteiger partial charge >= 0.3 is 0 Å². The molecule has 0 atom stereocenters. The number of rotatable bonds is 3. The van der Waals surface area contributed by atoms with Crippen LogP contribution >= 0.6 is 0 Å². The zero-order chi connectivity index (χ0) is 16.2. The van der Waals surface area contributed by atoms with Crippen LogP contribution in [0, 0.1) is 0 Å². The SMILES string of the molecule is [N-]=[N+]=NC(=O)c1ccc(NC(=O)c2cc3ccccc3[nH]2)cc1. The van der Waals surface area contributed by atoms with E-state index >= 15 is 0 Å². The first kappa shape index (κ1) is 14.4. The van der Waals surface area contributed by atoms with Crippen LogP contribution in [0.25, 0.3) is 21.3 Å². The van der Waals surface area contributed by atoms with E-state index in [4.69, 9.17) is 5.53 Å². The third kappa shape index (κ3) is 3.04. The lowest BCUT2D eigenvalue weighted by atomic mass is 10.2. The van der Waals surface area contributed by atoms with Crippen molar-refractivity contribution in [1.82, 2.24) is 4.98 Å². The second kappa shape index (κ2) is 6.05. The van der Waals surface area contributed by atoms with E-state index in [0.29, 0.717) is 11.4 Å². The largest absolute Gasteiger partial charge is 0.351 e. The normalized spacial score (nSPS) is 10.1. The van der Waals surface area contributed by atoms with Crippen molar-refractivity contribution in [3.63, 3.8) is 0 Å². The van der Waals surface area contributed by atoms with Crippen LogP contribution in [0.2, 0.25) is 0 Å². The highest BCUT2D eigenvalue weighted by Crippen LogP contribution is 2.17. The van der Waals surface area contributed by atoms with Gasteiger partial charge in [-0.3, -0.25) is 9.59 Å². The van der Waals surface area contributed by atoms with E-state index in [-0.39, 0.29) is 11.5 Å². The van der Waals surface area contributed by atoms with E-state index in [9.17, 15) is 9.59 Å². The molecule has 0 fully saturated rings. The molecule has 0 saturated carbocycles. The summed E-state index contributed by atoms with van der Waals surface area (Å²) in [7, 11) is 0. The molecule has 7 heteroatoms. The predicted octanol–water partition coefficient (Wildman–Crippen LogP) is 3.87. The van der Waals surface area contributed by atoms with Crippen LogP contribution in [0.15, 0.2) is 59.7 Å². The zero-order valence-electron chi connectivity index (χ0n) is 11.9. The van der Waals surface area contributed by atoms with Gasteiger partial charge in [-0.25, -0.2) is 0 Å². The summed E-state index contributed by atoms with van der Waals surface area (Å²) in [6.07, 6.45) is 0. The Morgan fingerprint density at radius 2 is 1.83 bits per heavy atom. The van der Waals surface area contributed by atoms with Crippen molar-refractivity contribution in [1.29, 1.82) is 0 Å². The van der Waals surface area contributed by atoms with Crippen LogP contribution in [-0.2, 0) is 0 Å². The number of benzene rings is 2. The number of nitrogens with zero attached hydrogens (tertiary/aromatic N) is 3. The first-order valence-electron chi connectivity index (χ1n) is 6.76. The molecule has 0 aliphatic heterocycles. The first-order chi connectivity index (χ1) is 11.2. The number of hydrogen-bond acceptors (Lipinski definition) is 2. The summed E-state index contributed by atoms with van der Waals surface area (Å²) in [4.78, 5) is 29.1. The van der Waals surface area contributed by atoms with Gasteiger partial charge in [-0.15, -0.1) is 0 Å². The number of carbonyl (C=O) groups excluding carboxylic acids is 2. The lowest BCUT2D eigenvalue weighted by molar-refractivity contribution is 0.0998. The van der Waals surface area contributed by atoms with Gasteiger partial charge in [0.1, 0.15) is 5.69 Å². The van der Waals surface area contributed by atoms with Crippen molar-refractivity contribution in [3.05, 3.63) is 76.3 Å². The van der Waals surface area contributed by atoms with Gasteiger partial charge in [0.25, 0.3) is 5.91 Å². The highest BCUT2D eigenvalue weighted by molar-refractivity contribution is 6.06. The van der Waals surface area contributed by atoms with Gasteiger partial charge in [-0.1, -0.05) is 18.2 Å². The third-order valence-corrected chi connectivity index (χ3v) is 3.30. The fraction of sp³-hybridized carbons (Fsp3) is 0. The molecule has 2 aromatic carbocycles. The fourth-order valence-electron chi connectivity index (χ4n) is 2.19. The molecule has 0 saturated heterocycles. The molecule has 3 rings (SSSR count). The Bertz CT molecular complexity index is 904. The molecular formula is C16H11N5O2. The van der Waals surface area contributed by atoms with Crippen LogP contribution in [0.3, 0.4) is 0 Å². The van der Waals surface area contributed by atoms with E-state index in [1.54, 1.807) is 18.2 Å². The van der Waals surface area contributed by atoms with Crippen molar-refractivity contribution in [2.75, 3.05) is 5.32 Å². The third-order valence-electron chi connectivity index (χ3n) is 3.30. The Balaban J connectivity index is 1.77. The number of nitrogens with one attached hydrogen (secondary N) is 2. The van der Waals surface area contributed by atoms with Gasteiger partial charge < -0.3 is 10.3 Å². The summed E-state index contributed by atoms with van der Waals surface area (Å²) in [6.45, 7) is 0. The summed E-state index contributed by atoms with van der Waals surface area (Å²) in [5.41, 5.74) is 10.4. The van der Waals surface area contributed by atoms with Crippen molar-refractivity contribution in [2.45, 2.75) is 0 Å². The molecule has 3 aromatic rings. The Kier molecular flexibility index (Phi) is 3.78. The van der Waals surface area contributed by atoms with Crippen LogP contribution in [0.5, 0.6) is 0 Å². The zero-order valence-corrected chi connectivity index (χ0v) is 11.9. The fourth-order valence-corrected chi connectivity index (χ4v) is 2.19. The number of hydrogen-bond donors (Lipinski definition) is 2. The maximum atomic E-state index is 12.2. The van der Waals surface area contributed by atoms with Crippen molar-refractivity contribution in [2.24, 2.45) is 5.11 Å². The van der Waals surface area contributed by atoms with Gasteiger partial charge in [-0.2, -0.15) is 0 Å². The quantitative estimate of drug-likeness (QED) is 0.435. The molecule has 0 bridgehead atoms. The van der Waals surface area contributed by atoms with Gasteiger partial charge in [0.15, 0.2) is 0 Å². The lowest BCUT2D eigenvalue weighted by Gasteiger charge is -2.04. The summed E-state index contributed by atoms with van der Waals surface area (Å²) in [6, 6.07) is 15.5. The number of carbonyl (C=O) groups is 2. The average Bonchev–Trinajstić information content (AvgIpc) is 3.00. The van der Waals surface area contributed by atoms with Crippen molar-refractivity contribution in [3.8, 4) is 0 Å². The van der Waals surface area contributed by atoms with E-state index in [1.807, 2.05) is 24.3 Å². The molecule has 0 aliphatic rings. The summed E-state index contributed by atoms with van der Waals surface area (Å²) >= 11 is 0. The first-order valence-corrected chi connectivity index (χ1v) is 6.76. The minimum Gasteiger partial charge on any atom is -0.351 e. The number of amides is 2. The second-order valence-corrected chi connectivity index (χ2v) is 4.80. The molecule has 7 nitrogen and oxygen atoms in total. The van der Waals surface area contributed by atoms with E-state index in [2.05, 4.69) is 20.3 Å². The topological polar surface area (TPSA) is 111 Å². The van der Waals surface area contributed by atoms with Crippen LogP contribution < -0.4 is 5.32 Å². The number of H-pyrrole nitrogens is 1. The second-order valence-electron chi connectivity index (χ2n) is 4.80. The minimum absolute atomic E-state index is 0.256. The molecule has 23 heavy (non-hydrogen) atoms. The number of para-hydroxylation sites is 1. The summed E-state index contributed by atoms with van der Waals surface area (Å²) < 4.78 is 0. The molecule has 1 aromatic heterocycles. The Morgan fingerprint density at radius 3 is 2.52 bits per heavy atom. The number of aromatic nitrogens is 1. The molecule has 0 unspecified atom stereocenters. The van der Waals surface area contributed by atoms with E-state index < -0.39 is 5.91 Å². The van der Waals surface area contributed by atoms with Gasteiger partial charge in [0.2, 0.25) is 5.91 Å². The monoisotopic (exact) mass is 305 g/mol. The Labute approximate surface area is 130 Å². The molecule has 2 N–H and O–H groups in total. The number of fused-ring (bicyclic) bond motifs is 1. The molecule has 2 amide bonds. The van der Waals surface area contributed by atoms with Gasteiger partial charge in [0, 0.05) is 27.1 Å². The van der Waals surface area contributed by atoms with Crippen molar-refractivity contribution >= 4 is 28.4 Å². The highest BCUT2D eigenvalue weighted by Gasteiger charge is 2.10. The Hall–Kier alpha value is -3.57. The maximum absolute atomic E-state index is 12.2. The molecule has 112 valence electrons. The molecule has 0 spiro atoms. The molecule has 0 aliphatic carbocycles. The van der Waals surface area contributed by atoms with Gasteiger partial charge in [0.05, 0.1) is 0 Å². The smallest absolute Gasteiger partial charge is 0.272 e. The highest BCUT2D eigenvalue weighted by atomic mass is 16.2. The molecule has 1 heterocycles. The summed E-state index contributed by atoms with van der Waals surface area (Å²) in [5.74, 6) is -0.948. The number of aromatic amines is 1. The van der Waals surface area contributed by atoms with E-state index in [0.717, 1.165) is 10.9 Å². The van der Waals surface area contributed by atoms with Crippen LogP contribution in [-0.4, -0.2) is 16.8 Å².